The van der Waals surface area contributed by atoms with Gasteiger partial charge in [0.05, 0.1) is 17.6 Å². The number of nitrogens with zero attached hydrogens (tertiary/aromatic N) is 1. The van der Waals surface area contributed by atoms with Gasteiger partial charge in [0.2, 0.25) is 0 Å². The number of fused-ring (bicyclic) bond motifs is 1. The molecule has 6 heteroatoms. The number of nitrogens with one attached hydrogen (secondary N) is 2. The van der Waals surface area contributed by atoms with Crippen LogP contribution in [0.3, 0.4) is 0 Å². The monoisotopic (exact) mass is 323 g/mol. The summed E-state index contributed by atoms with van der Waals surface area (Å²) in [7, 11) is 0. The first-order chi connectivity index (χ1) is 11.7. The van der Waals surface area contributed by atoms with Gasteiger partial charge >= 0.3 is 0 Å². The van der Waals surface area contributed by atoms with Crippen molar-refractivity contribution >= 4 is 23.0 Å². The summed E-state index contributed by atoms with van der Waals surface area (Å²) in [4.78, 5) is 18.8. The summed E-state index contributed by atoms with van der Waals surface area (Å²) in [5.41, 5.74) is 6.12. The van der Waals surface area contributed by atoms with Crippen molar-refractivity contribution in [2.45, 2.75) is 13.0 Å². The lowest BCUT2D eigenvalue weighted by atomic mass is 10.1. The second-order valence-electron chi connectivity index (χ2n) is 5.42. The Kier molecular flexibility index (Phi) is 4.69. The lowest BCUT2D eigenvalue weighted by Crippen LogP contribution is -2.14. The van der Waals surface area contributed by atoms with Gasteiger partial charge in [0.1, 0.15) is 5.82 Å². The van der Waals surface area contributed by atoms with E-state index >= 15 is 0 Å². The normalized spacial score (nSPS) is 11.2. The average Bonchev–Trinajstić information content (AvgIpc) is 3.02. The third kappa shape index (κ3) is 3.68. The van der Waals surface area contributed by atoms with Gasteiger partial charge < -0.3 is 10.1 Å². The third-order valence-corrected chi connectivity index (χ3v) is 3.67. The molecule has 122 valence electrons. The molecular formula is C18H17N3O3. The molecule has 24 heavy (non-hydrogen) atoms. The van der Waals surface area contributed by atoms with E-state index in [1.165, 1.54) is 6.08 Å². The van der Waals surface area contributed by atoms with E-state index in [1.54, 1.807) is 11.6 Å². The molecule has 1 amide bonds. The number of benzene rings is 2. The molecule has 0 aliphatic carbocycles. The molecule has 0 aliphatic rings. The molecule has 1 aromatic heterocycles. The van der Waals surface area contributed by atoms with Gasteiger partial charge in [-0.25, -0.2) is 10.5 Å². The minimum atomic E-state index is -0.566. The molecule has 4 N–H and O–H groups in total. The highest BCUT2D eigenvalue weighted by Gasteiger charge is 2.05. The molecule has 0 saturated carbocycles. The summed E-state index contributed by atoms with van der Waals surface area (Å²) >= 11 is 0. The highest BCUT2D eigenvalue weighted by molar-refractivity contribution is 5.90. The van der Waals surface area contributed by atoms with Gasteiger partial charge in [0, 0.05) is 12.5 Å². The SMILES string of the molecule is O=C(C=Cc1ccc(Cc2nc3ccc(CO)cc3[nH]2)cc1)NO. The maximum Gasteiger partial charge on any atom is 0.267 e. The van der Waals surface area contributed by atoms with Gasteiger partial charge in [0.25, 0.3) is 5.91 Å². The smallest absolute Gasteiger partial charge is 0.267 e. The van der Waals surface area contributed by atoms with E-state index < -0.39 is 5.91 Å². The molecule has 3 aromatic rings. The zero-order chi connectivity index (χ0) is 16.9. The van der Waals surface area contributed by atoms with Crippen LogP contribution in [0.5, 0.6) is 0 Å². The van der Waals surface area contributed by atoms with Gasteiger partial charge in [0.15, 0.2) is 0 Å². The second-order valence-corrected chi connectivity index (χ2v) is 5.42. The number of aliphatic hydroxyl groups is 1. The Morgan fingerprint density at radius 3 is 2.62 bits per heavy atom. The molecule has 0 radical (unpaired) electrons. The van der Waals surface area contributed by atoms with E-state index in [-0.39, 0.29) is 6.61 Å². The summed E-state index contributed by atoms with van der Waals surface area (Å²) in [6.07, 6.45) is 3.53. The van der Waals surface area contributed by atoms with Crippen LogP contribution in [-0.4, -0.2) is 26.2 Å². The number of amides is 1. The Bertz CT molecular complexity index is 882. The molecule has 0 fully saturated rings. The van der Waals surface area contributed by atoms with Crippen molar-refractivity contribution in [1.29, 1.82) is 0 Å². The van der Waals surface area contributed by atoms with Gasteiger partial charge in [-0.15, -0.1) is 0 Å². The van der Waals surface area contributed by atoms with Crippen LogP contribution in [0.15, 0.2) is 48.5 Å². The fourth-order valence-corrected chi connectivity index (χ4v) is 2.44. The maximum atomic E-state index is 10.9. The molecule has 0 atom stereocenters. The van der Waals surface area contributed by atoms with Crippen molar-refractivity contribution in [3.8, 4) is 0 Å². The Hall–Kier alpha value is -2.96. The lowest BCUT2D eigenvalue weighted by Gasteiger charge is -1.99. The number of aromatic amines is 1. The summed E-state index contributed by atoms with van der Waals surface area (Å²) in [5.74, 6) is 0.284. The summed E-state index contributed by atoms with van der Waals surface area (Å²) in [6.45, 7) is 0.00752. The quantitative estimate of drug-likeness (QED) is 0.328. The number of carbonyl (C=O) groups is 1. The van der Waals surface area contributed by atoms with Crippen molar-refractivity contribution in [2.75, 3.05) is 0 Å². The zero-order valence-electron chi connectivity index (χ0n) is 12.9. The van der Waals surface area contributed by atoms with E-state index in [0.717, 1.165) is 33.5 Å². The van der Waals surface area contributed by atoms with Crippen LogP contribution >= 0.6 is 0 Å². The van der Waals surface area contributed by atoms with Crippen molar-refractivity contribution in [2.24, 2.45) is 0 Å². The van der Waals surface area contributed by atoms with Crippen LogP contribution in [0.25, 0.3) is 17.1 Å². The minimum absolute atomic E-state index is 0.00752. The standard InChI is InChI=1S/C18H17N3O3/c22-11-14-5-7-15-16(9-14)20-17(19-15)10-13-3-1-12(2-4-13)6-8-18(23)21-24/h1-9,22,24H,10-11H2,(H,19,20)(H,21,23). The van der Waals surface area contributed by atoms with Gasteiger partial charge in [-0.2, -0.15) is 0 Å². The first kappa shape index (κ1) is 15.9. The van der Waals surface area contributed by atoms with Gasteiger partial charge in [-0.3, -0.25) is 10.0 Å². The second kappa shape index (κ2) is 7.08. The largest absolute Gasteiger partial charge is 0.392 e. The first-order valence-electron chi connectivity index (χ1n) is 7.47. The number of aliphatic hydroxyl groups excluding tert-OH is 1. The van der Waals surface area contributed by atoms with E-state index in [1.807, 2.05) is 42.5 Å². The Labute approximate surface area is 138 Å². The molecular weight excluding hydrogens is 306 g/mol. The number of rotatable bonds is 5. The minimum Gasteiger partial charge on any atom is -0.392 e. The fraction of sp³-hybridized carbons (Fsp3) is 0.111. The van der Waals surface area contributed by atoms with E-state index in [2.05, 4.69) is 9.97 Å². The molecule has 0 saturated heterocycles. The van der Waals surface area contributed by atoms with Crippen molar-refractivity contribution < 1.29 is 15.1 Å². The van der Waals surface area contributed by atoms with E-state index in [0.29, 0.717) is 6.42 Å². The lowest BCUT2D eigenvalue weighted by molar-refractivity contribution is -0.124. The highest BCUT2D eigenvalue weighted by Crippen LogP contribution is 2.16. The Morgan fingerprint density at radius 1 is 1.17 bits per heavy atom. The van der Waals surface area contributed by atoms with E-state index in [9.17, 15) is 9.90 Å². The topological polar surface area (TPSA) is 98.2 Å². The molecule has 6 nitrogen and oxygen atoms in total. The highest BCUT2D eigenvalue weighted by atomic mass is 16.5. The van der Waals surface area contributed by atoms with Crippen LogP contribution in [0.4, 0.5) is 0 Å². The zero-order valence-corrected chi connectivity index (χ0v) is 12.9. The number of hydroxylamine groups is 1. The summed E-state index contributed by atoms with van der Waals surface area (Å²) in [6, 6.07) is 13.3. The molecule has 3 rings (SSSR count). The van der Waals surface area contributed by atoms with Crippen LogP contribution in [0.2, 0.25) is 0 Å². The number of aromatic nitrogens is 2. The molecule has 0 aliphatic heterocycles. The Morgan fingerprint density at radius 2 is 1.92 bits per heavy atom. The third-order valence-electron chi connectivity index (χ3n) is 3.67. The summed E-state index contributed by atoms with van der Waals surface area (Å²) in [5, 5.41) is 17.6. The number of hydrogen-bond donors (Lipinski definition) is 4. The fourth-order valence-electron chi connectivity index (χ4n) is 2.44. The molecule has 0 bridgehead atoms. The van der Waals surface area contributed by atoms with Crippen molar-refractivity contribution in [1.82, 2.24) is 15.4 Å². The number of hydrogen-bond acceptors (Lipinski definition) is 4. The summed E-state index contributed by atoms with van der Waals surface area (Å²) < 4.78 is 0. The average molecular weight is 323 g/mol. The number of imidazole rings is 1. The van der Waals surface area contributed by atoms with E-state index in [4.69, 9.17) is 5.21 Å². The molecule has 1 heterocycles. The van der Waals surface area contributed by atoms with Crippen LogP contribution in [0, 0.1) is 0 Å². The number of carbonyl (C=O) groups excluding carboxylic acids is 1. The van der Waals surface area contributed by atoms with Crippen LogP contribution in [-0.2, 0) is 17.8 Å². The van der Waals surface area contributed by atoms with Crippen LogP contribution < -0.4 is 5.48 Å². The van der Waals surface area contributed by atoms with Gasteiger partial charge in [-0.1, -0.05) is 30.3 Å². The first-order valence-corrected chi connectivity index (χ1v) is 7.47. The van der Waals surface area contributed by atoms with Crippen LogP contribution in [0.1, 0.15) is 22.5 Å². The maximum absolute atomic E-state index is 10.9. The van der Waals surface area contributed by atoms with Gasteiger partial charge in [-0.05, 0) is 34.9 Å². The molecule has 0 spiro atoms. The predicted octanol–water partition coefficient (Wildman–Crippen LogP) is 2.16. The van der Waals surface area contributed by atoms with Crippen molar-refractivity contribution in [3.63, 3.8) is 0 Å². The Balaban J connectivity index is 1.74. The molecule has 0 unspecified atom stereocenters. The number of H-pyrrole nitrogens is 1. The molecule has 2 aromatic carbocycles. The predicted molar refractivity (Wildman–Crippen MR) is 90.2 cm³/mol. The van der Waals surface area contributed by atoms with Crippen molar-refractivity contribution in [3.05, 3.63) is 71.1 Å².